The monoisotopic (exact) mass is 900 g/mol. The molecule has 0 amide bonds. The zero-order valence-corrected chi connectivity index (χ0v) is 31.0. The van der Waals surface area contributed by atoms with Gasteiger partial charge in [0.1, 0.15) is 11.6 Å². The van der Waals surface area contributed by atoms with Gasteiger partial charge in [-0.25, -0.2) is 17.6 Å². The molecule has 8 aromatic rings. The SMILES string of the molecule is Fc1ccc(N(c2ccc(I)cc2)c2cc3c4ccc(C(F)F)cc4c(N(c4ccc(F)cc4)c4ccc(I)cc4)cc3c3ccccc23)cc1. The maximum Gasteiger partial charge on any atom is 0.263 e. The number of alkyl halides is 2. The van der Waals surface area contributed by atoms with E-state index in [1.165, 1.54) is 30.3 Å². The van der Waals surface area contributed by atoms with E-state index in [4.69, 9.17) is 0 Å². The van der Waals surface area contributed by atoms with Gasteiger partial charge in [-0.3, -0.25) is 0 Å². The number of benzene rings is 8. The lowest BCUT2D eigenvalue weighted by atomic mass is 9.92. The van der Waals surface area contributed by atoms with E-state index >= 15 is 0 Å². The highest BCUT2D eigenvalue weighted by atomic mass is 127. The van der Waals surface area contributed by atoms with E-state index in [0.717, 1.165) is 56.8 Å². The minimum Gasteiger partial charge on any atom is -0.310 e. The molecule has 0 aliphatic heterocycles. The first kappa shape index (κ1) is 33.5. The van der Waals surface area contributed by atoms with Crippen molar-refractivity contribution < 1.29 is 17.6 Å². The van der Waals surface area contributed by atoms with Crippen LogP contribution in [-0.4, -0.2) is 0 Å². The molecule has 8 aromatic carbocycles. The Hall–Kier alpha value is -4.68. The van der Waals surface area contributed by atoms with Crippen molar-refractivity contribution in [2.45, 2.75) is 6.43 Å². The van der Waals surface area contributed by atoms with E-state index < -0.39 is 6.43 Å². The first-order chi connectivity index (χ1) is 24.7. The summed E-state index contributed by atoms with van der Waals surface area (Å²) in [5, 5.41) is 5.07. The van der Waals surface area contributed by atoms with Crippen molar-refractivity contribution in [1.82, 2.24) is 0 Å². The quantitative estimate of drug-likeness (QED) is 0.0893. The number of rotatable bonds is 7. The van der Waals surface area contributed by atoms with Gasteiger partial charge in [0, 0.05) is 46.2 Å². The minimum atomic E-state index is -2.68. The van der Waals surface area contributed by atoms with Crippen LogP contribution in [0.15, 0.2) is 152 Å². The summed E-state index contributed by atoms with van der Waals surface area (Å²) in [4.78, 5) is 4.09. The molecule has 0 saturated heterocycles. The van der Waals surface area contributed by atoms with Crippen LogP contribution in [0, 0.1) is 18.8 Å². The van der Waals surface area contributed by atoms with Crippen LogP contribution in [-0.2, 0) is 0 Å². The Morgan fingerprint density at radius 3 is 1.24 bits per heavy atom. The van der Waals surface area contributed by atoms with E-state index in [9.17, 15) is 17.6 Å². The second-order valence-electron chi connectivity index (χ2n) is 12.1. The van der Waals surface area contributed by atoms with Crippen LogP contribution in [0.3, 0.4) is 0 Å². The van der Waals surface area contributed by atoms with Crippen molar-refractivity contribution in [2.75, 3.05) is 9.80 Å². The lowest BCUT2D eigenvalue weighted by Gasteiger charge is -2.30. The zero-order valence-electron chi connectivity index (χ0n) is 26.7. The molecule has 0 aliphatic carbocycles. The van der Waals surface area contributed by atoms with Gasteiger partial charge in [-0.1, -0.05) is 36.4 Å². The molecule has 0 saturated carbocycles. The van der Waals surface area contributed by atoms with Crippen molar-refractivity contribution in [1.29, 1.82) is 0 Å². The van der Waals surface area contributed by atoms with Crippen LogP contribution in [0.25, 0.3) is 32.3 Å². The summed E-state index contributed by atoms with van der Waals surface area (Å²) >= 11 is 4.52. The van der Waals surface area contributed by atoms with Crippen molar-refractivity contribution >= 4 is 112 Å². The van der Waals surface area contributed by atoms with Gasteiger partial charge in [-0.2, -0.15) is 0 Å². The Bertz CT molecular complexity index is 2450. The first-order valence-electron chi connectivity index (χ1n) is 16.1. The molecule has 250 valence electrons. The van der Waals surface area contributed by atoms with E-state index in [-0.39, 0.29) is 17.2 Å². The second-order valence-corrected chi connectivity index (χ2v) is 14.6. The van der Waals surface area contributed by atoms with Crippen LogP contribution in [0.1, 0.15) is 12.0 Å². The number of anilines is 6. The highest BCUT2D eigenvalue weighted by Gasteiger charge is 2.23. The maximum atomic E-state index is 14.4. The second kappa shape index (κ2) is 13.8. The number of nitrogens with zero attached hydrogens (tertiary/aromatic N) is 2. The summed E-state index contributed by atoms with van der Waals surface area (Å²) in [6.45, 7) is 0. The topological polar surface area (TPSA) is 6.48 Å². The Morgan fingerprint density at radius 1 is 0.392 bits per heavy atom. The lowest BCUT2D eigenvalue weighted by Crippen LogP contribution is -2.12. The molecule has 0 unspecified atom stereocenters. The molecular formula is C43H26F4I2N2. The van der Waals surface area contributed by atoms with Gasteiger partial charge in [-0.15, -0.1) is 0 Å². The average molecular weight is 900 g/mol. The summed E-state index contributed by atoms with van der Waals surface area (Å²) in [5.41, 5.74) is 4.57. The molecule has 51 heavy (non-hydrogen) atoms. The van der Waals surface area contributed by atoms with Gasteiger partial charge in [0.2, 0.25) is 0 Å². The molecule has 0 aliphatic rings. The standard InChI is InChI=1S/C43H26F4I2N2/c44-27-6-14-31(15-7-27)50(33-18-10-29(48)11-19-33)41-24-39-36-22-5-26(43(46)47)23-40(36)42(25-38(39)35-3-1-2-4-37(35)41)51(32-16-8-28(45)9-17-32)34-20-12-30(49)13-21-34/h1-25,43H. The van der Waals surface area contributed by atoms with Gasteiger partial charge in [-0.05, 0) is 182 Å². The van der Waals surface area contributed by atoms with Crippen LogP contribution < -0.4 is 9.80 Å². The Balaban J connectivity index is 1.49. The average Bonchev–Trinajstić information content (AvgIpc) is 3.15. The van der Waals surface area contributed by atoms with Crippen LogP contribution >= 0.6 is 45.2 Å². The van der Waals surface area contributed by atoms with E-state index in [2.05, 4.69) is 68.3 Å². The minimum absolute atomic E-state index is 0.0994. The summed E-state index contributed by atoms with van der Waals surface area (Å²) in [6.07, 6.45) is -2.68. The third-order valence-corrected chi connectivity index (χ3v) is 10.5. The molecule has 0 aromatic heterocycles. The van der Waals surface area contributed by atoms with Crippen molar-refractivity contribution in [3.63, 3.8) is 0 Å². The molecule has 0 fully saturated rings. The molecular weight excluding hydrogens is 874 g/mol. The third kappa shape index (κ3) is 6.40. The number of hydrogen-bond acceptors (Lipinski definition) is 2. The van der Waals surface area contributed by atoms with Crippen LogP contribution in [0.4, 0.5) is 51.7 Å². The number of fused-ring (bicyclic) bond motifs is 5. The number of halogens is 6. The van der Waals surface area contributed by atoms with E-state index in [1.54, 1.807) is 36.4 Å². The summed E-state index contributed by atoms with van der Waals surface area (Å²) < 4.78 is 59.4. The predicted octanol–water partition coefficient (Wildman–Crippen LogP) is 14.5. The van der Waals surface area contributed by atoms with Gasteiger partial charge in [0.05, 0.1) is 11.4 Å². The van der Waals surface area contributed by atoms with Crippen LogP contribution in [0.2, 0.25) is 0 Å². The Labute approximate surface area is 319 Å². The molecule has 0 radical (unpaired) electrons. The van der Waals surface area contributed by atoms with Crippen molar-refractivity contribution in [2.24, 2.45) is 0 Å². The Morgan fingerprint density at radius 2 is 0.784 bits per heavy atom. The molecule has 0 bridgehead atoms. The largest absolute Gasteiger partial charge is 0.310 e. The predicted molar refractivity (Wildman–Crippen MR) is 219 cm³/mol. The normalized spacial score (nSPS) is 11.5. The Kier molecular flexibility index (Phi) is 9.05. The van der Waals surface area contributed by atoms with Gasteiger partial charge in [0.25, 0.3) is 6.43 Å². The maximum absolute atomic E-state index is 14.4. The molecule has 0 spiro atoms. The highest BCUT2D eigenvalue weighted by Crippen LogP contribution is 2.48. The molecule has 8 rings (SSSR count). The molecule has 2 nitrogen and oxygen atoms in total. The molecule has 0 N–H and O–H groups in total. The lowest BCUT2D eigenvalue weighted by molar-refractivity contribution is 0.151. The summed E-state index contributed by atoms with van der Waals surface area (Å²) in [7, 11) is 0. The van der Waals surface area contributed by atoms with Crippen LogP contribution in [0.5, 0.6) is 0 Å². The zero-order chi connectivity index (χ0) is 35.2. The highest BCUT2D eigenvalue weighted by molar-refractivity contribution is 14.1. The molecule has 0 atom stereocenters. The van der Waals surface area contributed by atoms with Gasteiger partial charge >= 0.3 is 0 Å². The smallest absolute Gasteiger partial charge is 0.263 e. The number of hydrogen-bond donors (Lipinski definition) is 0. The molecule has 0 heterocycles. The fraction of sp³-hybridized carbons (Fsp3) is 0.0233. The van der Waals surface area contributed by atoms with E-state index in [1.807, 2.05) is 71.6 Å². The van der Waals surface area contributed by atoms with Crippen molar-refractivity contribution in [3.8, 4) is 0 Å². The summed E-state index contributed by atoms with van der Waals surface area (Å²) in [6, 6.07) is 45.7. The third-order valence-electron chi connectivity index (χ3n) is 9.03. The van der Waals surface area contributed by atoms with E-state index in [0.29, 0.717) is 16.8 Å². The van der Waals surface area contributed by atoms with Gasteiger partial charge < -0.3 is 9.80 Å². The first-order valence-corrected chi connectivity index (χ1v) is 18.2. The summed E-state index contributed by atoms with van der Waals surface area (Å²) in [5.74, 6) is -0.709. The van der Waals surface area contributed by atoms with Gasteiger partial charge in [0.15, 0.2) is 0 Å². The fourth-order valence-electron chi connectivity index (χ4n) is 6.70. The molecule has 8 heteroatoms. The van der Waals surface area contributed by atoms with Crippen molar-refractivity contribution in [3.05, 3.63) is 176 Å². The fourth-order valence-corrected chi connectivity index (χ4v) is 7.42.